The van der Waals surface area contributed by atoms with Gasteiger partial charge in [-0.3, -0.25) is 9.59 Å². The highest BCUT2D eigenvalue weighted by Gasteiger charge is 2.38. The van der Waals surface area contributed by atoms with E-state index in [1.165, 1.54) is 18.5 Å². The van der Waals surface area contributed by atoms with Crippen LogP contribution in [0.5, 0.6) is 0 Å². The van der Waals surface area contributed by atoms with Crippen LogP contribution in [0.3, 0.4) is 0 Å². The van der Waals surface area contributed by atoms with Crippen molar-refractivity contribution in [1.29, 1.82) is 0 Å². The molecular weight excluding hydrogens is 289 g/mol. The summed E-state index contributed by atoms with van der Waals surface area (Å²) in [6.45, 7) is 0. The van der Waals surface area contributed by atoms with Gasteiger partial charge in [0, 0.05) is 33.9 Å². The van der Waals surface area contributed by atoms with Gasteiger partial charge in [0.05, 0.1) is 6.21 Å². The first-order valence-corrected chi connectivity index (χ1v) is 5.58. The minimum Gasteiger partial charge on any atom is -0.360 e. The number of aromatic nitrogens is 1. The van der Waals surface area contributed by atoms with Gasteiger partial charge in [-0.05, 0) is 12.1 Å². The van der Waals surface area contributed by atoms with Gasteiger partial charge in [0.2, 0.25) is 0 Å². The summed E-state index contributed by atoms with van der Waals surface area (Å²) in [4.78, 5) is 24.8. The molecule has 0 aliphatic carbocycles. The van der Waals surface area contributed by atoms with Gasteiger partial charge in [-0.1, -0.05) is 0 Å². The molecule has 2 aromatic rings. The number of H-pyrrole nitrogens is 1. The van der Waals surface area contributed by atoms with Crippen LogP contribution in [-0.2, 0) is 4.79 Å². The molecule has 1 aromatic carbocycles. The number of benzene rings is 1. The number of carbonyl (C=O) groups excluding carboxylic acids is 2. The lowest BCUT2D eigenvalue weighted by Crippen LogP contribution is -2.29. The molecular formula is C12H9F3N4O2. The Bertz CT molecular complexity index is 734. The molecule has 1 heterocycles. The number of alkyl halides is 3. The highest BCUT2D eigenvalue weighted by molar-refractivity contribution is 6.09. The number of hydrazone groups is 1. The van der Waals surface area contributed by atoms with E-state index >= 15 is 0 Å². The van der Waals surface area contributed by atoms with Crippen LogP contribution in [0.25, 0.3) is 10.9 Å². The lowest BCUT2D eigenvalue weighted by atomic mass is 10.1. The lowest BCUT2D eigenvalue weighted by molar-refractivity contribution is -0.167. The van der Waals surface area contributed by atoms with Crippen LogP contribution in [0.15, 0.2) is 23.4 Å². The normalized spacial score (nSPS) is 12.0. The first-order chi connectivity index (χ1) is 9.86. The van der Waals surface area contributed by atoms with Crippen LogP contribution in [0, 0.1) is 0 Å². The van der Waals surface area contributed by atoms with Crippen LogP contribution < -0.4 is 11.2 Å². The van der Waals surface area contributed by atoms with E-state index in [1.807, 2.05) is 0 Å². The summed E-state index contributed by atoms with van der Waals surface area (Å²) in [5, 5.41) is 5.46. The first kappa shape index (κ1) is 14.6. The molecule has 0 aliphatic rings. The molecule has 0 fully saturated rings. The number of anilines is 1. The van der Waals surface area contributed by atoms with Crippen molar-refractivity contribution in [3.63, 3.8) is 0 Å². The van der Waals surface area contributed by atoms with Crippen LogP contribution in [0.2, 0.25) is 0 Å². The first-order valence-electron chi connectivity index (χ1n) is 5.58. The average Bonchev–Trinajstić information content (AvgIpc) is 2.80. The van der Waals surface area contributed by atoms with E-state index in [-0.39, 0.29) is 11.3 Å². The maximum absolute atomic E-state index is 12.2. The van der Waals surface area contributed by atoms with E-state index in [0.717, 1.165) is 6.07 Å². The number of fused-ring (bicyclic) bond motifs is 1. The van der Waals surface area contributed by atoms with Gasteiger partial charge in [0.15, 0.2) is 6.29 Å². The van der Waals surface area contributed by atoms with Crippen molar-refractivity contribution in [3.05, 3.63) is 29.5 Å². The maximum atomic E-state index is 12.2. The Balaban J connectivity index is 2.50. The van der Waals surface area contributed by atoms with Crippen molar-refractivity contribution in [2.45, 2.75) is 6.18 Å². The number of hydrogen-bond acceptors (Lipinski definition) is 4. The molecule has 2 rings (SSSR count). The molecule has 1 amide bonds. The fourth-order valence-electron chi connectivity index (χ4n) is 1.88. The molecule has 21 heavy (non-hydrogen) atoms. The topological polar surface area (TPSA) is 100 Å². The van der Waals surface area contributed by atoms with Crippen molar-refractivity contribution in [3.8, 4) is 0 Å². The summed E-state index contributed by atoms with van der Waals surface area (Å²) in [5.74, 6) is 2.91. The fraction of sp³-hybridized carbons (Fsp3) is 0.0833. The van der Waals surface area contributed by atoms with Gasteiger partial charge in [0.25, 0.3) is 0 Å². The van der Waals surface area contributed by atoms with Gasteiger partial charge >= 0.3 is 12.1 Å². The molecule has 9 heteroatoms. The number of aldehydes is 1. The molecule has 0 saturated carbocycles. The molecule has 6 nitrogen and oxygen atoms in total. The molecule has 0 atom stereocenters. The van der Waals surface area contributed by atoms with Gasteiger partial charge in [-0.2, -0.15) is 18.3 Å². The van der Waals surface area contributed by atoms with Gasteiger partial charge in [-0.25, -0.2) is 0 Å². The number of hydrogen-bond donors (Lipinski definition) is 3. The molecule has 0 radical (unpaired) electrons. The molecule has 0 unspecified atom stereocenters. The number of rotatable bonds is 3. The summed E-state index contributed by atoms with van der Waals surface area (Å²) >= 11 is 0. The summed E-state index contributed by atoms with van der Waals surface area (Å²) in [6.07, 6.45) is -1.76. The zero-order valence-corrected chi connectivity index (χ0v) is 10.4. The van der Waals surface area contributed by atoms with Crippen LogP contribution in [-0.4, -0.2) is 29.6 Å². The standard InChI is InChI=1S/C12H9F3N4O2/c13-12(14,15)11(21)19-8-1-6(5-20)10-7(4-18-16)3-17-9(10)2-8/h1-5,17H,16H2,(H,19,21)/b18-4-. The van der Waals surface area contributed by atoms with Gasteiger partial charge in [0.1, 0.15) is 0 Å². The second-order valence-electron chi connectivity index (χ2n) is 4.08. The van der Waals surface area contributed by atoms with Crippen molar-refractivity contribution in [2.75, 3.05) is 5.32 Å². The average molecular weight is 298 g/mol. The number of carbonyl (C=O) groups is 2. The van der Waals surface area contributed by atoms with E-state index in [4.69, 9.17) is 5.84 Å². The third-order valence-corrected chi connectivity index (χ3v) is 2.70. The van der Waals surface area contributed by atoms with E-state index in [9.17, 15) is 22.8 Å². The van der Waals surface area contributed by atoms with Crippen LogP contribution in [0.1, 0.15) is 15.9 Å². The zero-order valence-electron chi connectivity index (χ0n) is 10.4. The Morgan fingerprint density at radius 3 is 2.62 bits per heavy atom. The predicted octanol–water partition coefficient (Wildman–Crippen LogP) is 1.77. The number of nitrogens with one attached hydrogen (secondary N) is 2. The number of halogens is 3. The molecule has 0 bridgehead atoms. The predicted molar refractivity (Wildman–Crippen MR) is 70.2 cm³/mol. The summed E-state index contributed by atoms with van der Waals surface area (Å²) in [5.41, 5.74) is 0.821. The Hall–Kier alpha value is -2.84. The van der Waals surface area contributed by atoms with Gasteiger partial charge < -0.3 is 16.1 Å². The van der Waals surface area contributed by atoms with Crippen molar-refractivity contribution < 1.29 is 22.8 Å². The van der Waals surface area contributed by atoms with E-state index < -0.39 is 12.1 Å². The Labute approximate surface area is 115 Å². The highest BCUT2D eigenvalue weighted by atomic mass is 19.4. The molecule has 0 aliphatic heterocycles. The Morgan fingerprint density at radius 1 is 1.33 bits per heavy atom. The third kappa shape index (κ3) is 2.86. The highest BCUT2D eigenvalue weighted by Crippen LogP contribution is 2.26. The second kappa shape index (κ2) is 5.27. The van der Waals surface area contributed by atoms with Crippen molar-refractivity contribution in [2.24, 2.45) is 10.9 Å². The summed E-state index contributed by atoms with van der Waals surface area (Å²) < 4.78 is 36.6. The zero-order chi connectivity index (χ0) is 15.6. The van der Waals surface area contributed by atoms with E-state index in [0.29, 0.717) is 22.8 Å². The quantitative estimate of drug-likeness (QED) is 0.348. The number of amides is 1. The van der Waals surface area contributed by atoms with E-state index in [1.54, 1.807) is 5.32 Å². The van der Waals surface area contributed by atoms with Crippen LogP contribution in [0.4, 0.5) is 18.9 Å². The lowest BCUT2D eigenvalue weighted by Gasteiger charge is -2.09. The fourth-order valence-corrected chi connectivity index (χ4v) is 1.88. The maximum Gasteiger partial charge on any atom is 0.471 e. The monoisotopic (exact) mass is 298 g/mol. The number of aromatic amines is 1. The third-order valence-electron chi connectivity index (χ3n) is 2.70. The van der Waals surface area contributed by atoms with Crippen LogP contribution >= 0.6 is 0 Å². The molecule has 4 N–H and O–H groups in total. The molecule has 1 aromatic heterocycles. The van der Waals surface area contributed by atoms with E-state index in [2.05, 4.69) is 10.1 Å². The number of nitrogens with two attached hydrogens (primary N) is 1. The second-order valence-corrected chi connectivity index (χ2v) is 4.08. The SMILES string of the molecule is N/N=C\c1c[nH]c2cc(NC(=O)C(F)(F)F)cc(C=O)c12. The Kier molecular flexibility index (Phi) is 3.66. The Morgan fingerprint density at radius 2 is 2.05 bits per heavy atom. The molecule has 110 valence electrons. The number of nitrogens with zero attached hydrogens (tertiary/aromatic N) is 1. The smallest absolute Gasteiger partial charge is 0.360 e. The van der Waals surface area contributed by atoms with Gasteiger partial charge in [-0.15, -0.1) is 0 Å². The minimum atomic E-state index is -5.01. The summed E-state index contributed by atoms with van der Waals surface area (Å²) in [7, 11) is 0. The van der Waals surface area contributed by atoms with Crippen molar-refractivity contribution in [1.82, 2.24) is 4.98 Å². The molecule has 0 saturated heterocycles. The largest absolute Gasteiger partial charge is 0.471 e. The summed E-state index contributed by atoms with van der Waals surface area (Å²) in [6, 6.07) is 2.42. The molecule has 0 spiro atoms. The van der Waals surface area contributed by atoms with Crippen molar-refractivity contribution >= 4 is 35.0 Å². The minimum absolute atomic E-state index is 0.0983.